The molecule has 126 valence electrons. The second-order valence-corrected chi connectivity index (χ2v) is 7.35. The molecule has 3 aromatic rings. The van der Waals surface area contributed by atoms with E-state index in [2.05, 4.69) is 9.97 Å². The van der Waals surface area contributed by atoms with Crippen molar-refractivity contribution in [3.63, 3.8) is 0 Å². The summed E-state index contributed by atoms with van der Waals surface area (Å²) in [6.45, 7) is 0.621. The first-order valence-electron chi connectivity index (χ1n) is 7.62. The number of hydrogen-bond acceptors (Lipinski definition) is 5. The fourth-order valence-corrected chi connectivity index (χ4v) is 4.15. The highest BCUT2D eigenvalue weighted by molar-refractivity contribution is 7.12. The predicted octanol–water partition coefficient (Wildman–Crippen LogP) is 4.74. The minimum absolute atomic E-state index is 0.156. The Morgan fingerprint density at radius 1 is 1.28 bits per heavy atom. The molecule has 25 heavy (non-hydrogen) atoms. The average molecular weight is 391 g/mol. The van der Waals surface area contributed by atoms with Crippen LogP contribution in [0.2, 0.25) is 10.2 Å². The lowest BCUT2D eigenvalue weighted by atomic mass is 9.94. The summed E-state index contributed by atoms with van der Waals surface area (Å²) in [7, 11) is 0. The van der Waals surface area contributed by atoms with E-state index in [0.717, 1.165) is 22.6 Å². The molecule has 1 aromatic carbocycles. The molecular weight excluding hydrogens is 379 g/mol. The van der Waals surface area contributed by atoms with Crippen LogP contribution in [-0.2, 0) is 11.2 Å². The van der Waals surface area contributed by atoms with Gasteiger partial charge in [-0.3, -0.25) is 4.79 Å². The minimum Gasteiger partial charge on any atom is -0.368 e. The molecule has 1 atom stereocenters. The van der Waals surface area contributed by atoms with Gasteiger partial charge in [0.15, 0.2) is 0 Å². The maximum Gasteiger partial charge on any atom is 0.207 e. The number of halogens is 2. The summed E-state index contributed by atoms with van der Waals surface area (Å²) < 4.78 is 5.95. The number of ketones is 1. The van der Waals surface area contributed by atoms with E-state index in [0.29, 0.717) is 17.0 Å². The summed E-state index contributed by atoms with van der Waals surface area (Å²) >= 11 is 13.5. The van der Waals surface area contributed by atoms with Crippen molar-refractivity contribution in [2.24, 2.45) is 0 Å². The van der Waals surface area contributed by atoms with Crippen molar-refractivity contribution in [1.29, 1.82) is 0 Å². The molecule has 0 amide bonds. The first kappa shape index (κ1) is 16.7. The molecular formula is C18H12Cl2N2O2S. The van der Waals surface area contributed by atoms with Gasteiger partial charge in [0.2, 0.25) is 5.78 Å². The smallest absolute Gasteiger partial charge is 0.207 e. The van der Waals surface area contributed by atoms with E-state index >= 15 is 0 Å². The molecule has 4 nitrogen and oxygen atoms in total. The zero-order valence-corrected chi connectivity index (χ0v) is 15.2. The van der Waals surface area contributed by atoms with Crippen LogP contribution in [0.3, 0.4) is 0 Å². The molecule has 0 N–H and O–H groups in total. The van der Waals surface area contributed by atoms with Crippen molar-refractivity contribution in [1.82, 2.24) is 9.97 Å². The number of fused-ring (bicyclic) bond motifs is 1. The van der Waals surface area contributed by atoms with Crippen LogP contribution in [0.5, 0.6) is 0 Å². The monoisotopic (exact) mass is 390 g/mol. The van der Waals surface area contributed by atoms with Gasteiger partial charge in [0.1, 0.15) is 17.6 Å². The molecule has 0 spiro atoms. The Kier molecular flexibility index (Phi) is 4.56. The third-order valence-corrected chi connectivity index (χ3v) is 5.58. The zero-order valence-electron chi connectivity index (χ0n) is 12.9. The highest BCUT2D eigenvalue weighted by Crippen LogP contribution is 2.36. The molecule has 0 fully saturated rings. The van der Waals surface area contributed by atoms with Gasteiger partial charge in [-0.2, -0.15) is 0 Å². The van der Waals surface area contributed by atoms with Crippen LogP contribution in [0.25, 0.3) is 0 Å². The van der Waals surface area contributed by atoms with Gasteiger partial charge in [0.25, 0.3) is 0 Å². The Balaban J connectivity index is 1.67. The molecule has 4 rings (SSSR count). The van der Waals surface area contributed by atoms with Gasteiger partial charge >= 0.3 is 0 Å². The van der Waals surface area contributed by atoms with Gasteiger partial charge in [0, 0.05) is 11.2 Å². The van der Waals surface area contributed by atoms with Crippen molar-refractivity contribution in [3.8, 4) is 0 Å². The number of carbonyl (C=O) groups excluding carboxylic acids is 1. The molecule has 1 aliphatic rings. The van der Waals surface area contributed by atoms with Crippen LogP contribution in [-0.4, -0.2) is 22.4 Å². The van der Waals surface area contributed by atoms with Crippen molar-refractivity contribution < 1.29 is 9.53 Å². The van der Waals surface area contributed by atoms with Crippen LogP contribution < -0.4 is 0 Å². The van der Waals surface area contributed by atoms with Gasteiger partial charge in [-0.15, -0.1) is 11.3 Å². The number of nitrogens with zero attached hydrogens (tertiary/aromatic N) is 2. The number of thiophene rings is 1. The Labute approximate surface area is 158 Å². The Morgan fingerprint density at radius 3 is 3.00 bits per heavy atom. The standard InChI is InChI=1S/C18H12Cl2N2O2S/c19-12-1-2-13-10(5-12)3-4-24-17(13)11-6-15(25-8-11)16(23)14-7-21-9-22-18(14)20/h1-2,5-9,17H,3-4H2. The first-order chi connectivity index (χ1) is 12.1. The molecule has 0 saturated carbocycles. The fraction of sp³-hybridized carbons (Fsp3) is 0.167. The fourth-order valence-electron chi connectivity index (χ4n) is 2.91. The second kappa shape index (κ2) is 6.84. The third kappa shape index (κ3) is 3.20. The van der Waals surface area contributed by atoms with E-state index in [1.54, 1.807) is 0 Å². The van der Waals surface area contributed by atoms with Gasteiger partial charge in [-0.25, -0.2) is 9.97 Å². The lowest BCUT2D eigenvalue weighted by Gasteiger charge is -2.25. The molecule has 0 aliphatic carbocycles. The Morgan fingerprint density at radius 2 is 2.16 bits per heavy atom. The molecule has 2 aromatic heterocycles. The topological polar surface area (TPSA) is 52.1 Å². The van der Waals surface area contributed by atoms with Gasteiger partial charge < -0.3 is 4.74 Å². The number of benzene rings is 1. The van der Waals surface area contributed by atoms with Crippen molar-refractivity contribution >= 4 is 40.3 Å². The SMILES string of the molecule is O=C(c1cc(C2OCCc3cc(Cl)ccc32)cs1)c1cncnc1Cl. The summed E-state index contributed by atoms with van der Waals surface area (Å²) in [5, 5.41) is 2.82. The number of aromatic nitrogens is 2. The summed E-state index contributed by atoms with van der Waals surface area (Å²) in [6, 6.07) is 7.68. The highest BCUT2D eigenvalue weighted by Gasteiger charge is 2.25. The van der Waals surface area contributed by atoms with Gasteiger partial charge in [-0.05, 0) is 46.7 Å². The highest BCUT2D eigenvalue weighted by atomic mass is 35.5. The maximum absolute atomic E-state index is 12.6. The van der Waals surface area contributed by atoms with Crippen LogP contribution >= 0.6 is 34.5 Å². The number of ether oxygens (including phenoxy) is 1. The van der Waals surface area contributed by atoms with Crippen LogP contribution in [0, 0.1) is 0 Å². The largest absolute Gasteiger partial charge is 0.368 e. The van der Waals surface area contributed by atoms with Gasteiger partial charge in [-0.1, -0.05) is 29.3 Å². The predicted molar refractivity (Wildman–Crippen MR) is 97.7 cm³/mol. The normalized spacial score (nSPS) is 16.5. The lowest BCUT2D eigenvalue weighted by Crippen LogP contribution is -2.16. The Bertz CT molecular complexity index is 958. The van der Waals surface area contributed by atoms with Crippen molar-refractivity contribution in [3.05, 3.63) is 79.5 Å². The molecule has 3 heterocycles. The third-order valence-electron chi connectivity index (χ3n) is 4.10. The quantitative estimate of drug-likeness (QED) is 0.478. The average Bonchev–Trinajstić information content (AvgIpc) is 3.10. The van der Waals surface area contributed by atoms with Crippen LogP contribution in [0.15, 0.2) is 42.2 Å². The van der Waals surface area contributed by atoms with E-state index < -0.39 is 0 Å². The second-order valence-electron chi connectivity index (χ2n) is 5.64. The van der Waals surface area contributed by atoms with Gasteiger partial charge in [0.05, 0.1) is 17.0 Å². The number of carbonyl (C=O) groups is 1. The summed E-state index contributed by atoms with van der Waals surface area (Å²) in [4.78, 5) is 21.0. The van der Waals surface area contributed by atoms with E-state index in [-0.39, 0.29) is 17.0 Å². The summed E-state index contributed by atoms with van der Waals surface area (Å²) in [5.41, 5.74) is 3.52. The zero-order chi connectivity index (χ0) is 17.4. The van der Waals surface area contributed by atoms with Crippen molar-refractivity contribution in [2.75, 3.05) is 6.61 Å². The number of hydrogen-bond donors (Lipinski definition) is 0. The molecule has 1 aliphatic heterocycles. The minimum atomic E-state index is -0.193. The van der Waals surface area contributed by atoms with E-state index in [1.165, 1.54) is 29.4 Å². The summed E-state index contributed by atoms with van der Waals surface area (Å²) in [6.07, 6.45) is 3.39. The van der Waals surface area contributed by atoms with E-state index in [9.17, 15) is 4.79 Å². The van der Waals surface area contributed by atoms with Crippen LogP contribution in [0.1, 0.15) is 38.0 Å². The molecule has 0 bridgehead atoms. The lowest BCUT2D eigenvalue weighted by molar-refractivity contribution is 0.0701. The van der Waals surface area contributed by atoms with E-state index in [4.69, 9.17) is 27.9 Å². The van der Waals surface area contributed by atoms with Crippen molar-refractivity contribution in [2.45, 2.75) is 12.5 Å². The molecule has 0 radical (unpaired) electrons. The van der Waals surface area contributed by atoms with Crippen LogP contribution in [0.4, 0.5) is 0 Å². The van der Waals surface area contributed by atoms with E-state index in [1.807, 2.05) is 29.6 Å². The molecule has 1 unspecified atom stereocenters. The summed E-state index contributed by atoms with van der Waals surface area (Å²) in [5.74, 6) is -0.186. The molecule has 0 saturated heterocycles. The number of rotatable bonds is 3. The molecule has 7 heteroatoms. The first-order valence-corrected chi connectivity index (χ1v) is 9.25. The Hall–Kier alpha value is -1.79. The maximum atomic E-state index is 12.6.